The van der Waals surface area contributed by atoms with Crippen LogP contribution in [0.15, 0.2) is 64.9 Å². The Morgan fingerprint density at radius 1 is 0.914 bits per heavy atom. The first-order valence-electron chi connectivity index (χ1n) is 12.2. The molecular weight excluding hydrogens is 434 g/mol. The van der Waals surface area contributed by atoms with Crippen molar-refractivity contribution in [2.75, 3.05) is 14.2 Å². The molecule has 5 nitrogen and oxygen atoms in total. The SMILES string of the molecule is CO/N=C(/C)c1ccc(-n2c(-c3ccc(C(C)(C)C)cc3)cc3c2CC(C)(C)C/C3=N\OC)cc1. The quantitative estimate of drug-likeness (QED) is 0.293. The molecule has 0 saturated carbocycles. The molecule has 5 heteroatoms. The Balaban J connectivity index is 1.92. The Labute approximate surface area is 209 Å². The van der Waals surface area contributed by atoms with Gasteiger partial charge in [-0.25, -0.2) is 0 Å². The van der Waals surface area contributed by atoms with Crippen molar-refractivity contribution in [3.63, 3.8) is 0 Å². The summed E-state index contributed by atoms with van der Waals surface area (Å²) in [5.41, 5.74) is 10.3. The third-order valence-corrected chi connectivity index (χ3v) is 6.73. The molecule has 4 rings (SSSR count). The Kier molecular flexibility index (Phi) is 6.63. The number of aromatic nitrogens is 1. The molecule has 1 aliphatic rings. The summed E-state index contributed by atoms with van der Waals surface area (Å²) in [7, 11) is 3.20. The third kappa shape index (κ3) is 5.04. The van der Waals surface area contributed by atoms with Crippen LogP contribution >= 0.6 is 0 Å². The van der Waals surface area contributed by atoms with Crippen LogP contribution in [0.2, 0.25) is 0 Å². The van der Waals surface area contributed by atoms with Gasteiger partial charge in [-0.1, -0.05) is 81.3 Å². The molecule has 0 spiro atoms. The highest BCUT2D eigenvalue weighted by molar-refractivity contribution is 6.04. The maximum Gasteiger partial charge on any atom is 0.106 e. The van der Waals surface area contributed by atoms with E-state index < -0.39 is 0 Å². The Morgan fingerprint density at radius 2 is 1.57 bits per heavy atom. The van der Waals surface area contributed by atoms with Crippen LogP contribution in [0.1, 0.15) is 70.3 Å². The Hall–Kier alpha value is -3.34. The van der Waals surface area contributed by atoms with E-state index >= 15 is 0 Å². The van der Waals surface area contributed by atoms with E-state index in [2.05, 4.69) is 104 Å². The molecule has 0 fully saturated rings. The van der Waals surface area contributed by atoms with Crippen molar-refractivity contribution in [3.05, 3.63) is 77.0 Å². The third-order valence-electron chi connectivity index (χ3n) is 6.73. The van der Waals surface area contributed by atoms with Crippen LogP contribution in [-0.2, 0) is 21.5 Å². The minimum absolute atomic E-state index is 0.0788. The lowest BCUT2D eigenvalue weighted by molar-refractivity contribution is 0.210. The normalized spacial score (nSPS) is 16.8. The highest BCUT2D eigenvalue weighted by atomic mass is 16.6. The summed E-state index contributed by atoms with van der Waals surface area (Å²) in [5.74, 6) is 0. The van der Waals surface area contributed by atoms with Gasteiger partial charge in [0.25, 0.3) is 0 Å². The summed E-state index contributed by atoms with van der Waals surface area (Å²) in [6.45, 7) is 13.3. The first kappa shape index (κ1) is 24.8. The van der Waals surface area contributed by atoms with Crippen LogP contribution in [0.4, 0.5) is 0 Å². The lowest BCUT2D eigenvalue weighted by Crippen LogP contribution is -2.28. The molecule has 0 aliphatic heterocycles. The van der Waals surface area contributed by atoms with E-state index in [1.807, 2.05) is 6.92 Å². The van der Waals surface area contributed by atoms with Crippen molar-refractivity contribution in [1.29, 1.82) is 0 Å². The number of oxime groups is 2. The fraction of sp³-hybridized carbons (Fsp3) is 0.400. The van der Waals surface area contributed by atoms with E-state index in [0.717, 1.165) is 41.2 Å². The second-order valence-corrected chi connectivity index (χ2v) is 11.2. The number of hydrogen-bond acceptors (Lipinski definition) is 4. The second kappa shape index (κ2) is 9.37. The zero-order chi connectivity index (χ0) is 25.4. The number of nitrogens with zero attached hydrogens (tertiary/aromatic N) is 3. The van der Waals surface area contributed by atoms with E-state index in [-0.39, 0.29) is 10.8 Å². The van der Waals surface area contributed by atoms with Crippen molar-refractivity contribution in [3.8, 4) is 16.9 Å². The molecule has 0 bridgehead atoms. The zero-order valence-electron chi connectivity index (χ0n) is 22.3. The maximum absolute atomic E-state index is 5.26. The fourth-order valence-corrected chi connectivity index (χ4v) is 4.92. The first-order chi connectivity index (χ1) is 16.5. The zero-order valence-corrected chi connectivity index (χ0v) is 22.3. The van der Waals surface area contributed by atoms with Crippen LogP contribution in [-0.4, -0.2) is 30.2 Å². The molecule has 0 radical (unpaired) electrons. The summed E-state index contributed by atoms with van der Waals surface area (Å²) in [5, 5.41) is 8.52. The van der Waals surface area contributed by atoms with Crippen LogP contribution in [0.5, 0.6) is 0 Å². The van der Waals surface area contributed by atoms with E-state index in [1.54, 1.807) is 14.2 Å². The van der Waals surface area contributed by atoms with E-state index in [9.17, 15) is 0 Å². The largest absolute Gasteiger partial charge is 0.399 e. The number of hydrogen-bond donors (Lipinski definition) is 0. The molecule has 0 unspecified atom stereocenters. The first-order valence-corrected chi connectivity index (χ1v) is 12.2. The molecule has 0 saturated heterocycles. The van der Waals surface area contributed by atoms with Gasteiger partial charge < -0.3 is 14.2 Å². The fourth-order valence-electron chi connectivity index (χ4n) is 4.92. The number of benzene rings is 2. The van der Waals surface area contributed by atoms with Crippen LogP contribution in [0.25, 0.3) is 16.9 Å². The van der Waals surface area contributed by atoms with Gasteiger partial charge in [-0.15, -0.1) is 0 Å². The summed E-state index contributed by atoms with van der Waals surface area (Å²) in [6.07, 6.45) is 1.84. The van der Waals surface area contributed by atoms with Gasteiger partial charge in [-0.3, -0.25) is 0 Å². The van der Waals surface area contributed by atoms with Crippen molar-refractivity contribution in [1.82, 2.24) is 4.57 Å². The number of rotatable bonds is 5. The van der Waals surface area contributed by atoms with Crippen molar-refractivity contribution >= 4 is 11.4 Å². The van der Waals surface area contributed by atoms with Gasteiger partial charge in [0.15, 0.2) is 0 Å². The molecule has 0 amide bonds. The lowest BCUT2D eigenvalue weighted by atomic mass is 9.76. The van der Waals surface area contributed by atoms with Gasteiger partial charge in [0, 0.05) is 16.9 Å². The average molecular weight is 472 g/mol. The maximum atomic E-state index is 5.26. The molecule has 184 valence electrons. The molecule has 0 N–H and O–H groups in total. The summed E-state index contributed by atoms with van der Waals surface area (Å²) in [4.78, 5) is 10.2. The predicted molar refractivity (Wildman–Crippen MR) is 145 cm³/mol. The Morgan fingerprint density at radius 3 is 2.14 bits per heavy atom. The van der Waals surface area contributed by atoms with Crippen molar-refractivity contribution in [2.45, 2.75) is 59.8 Å². The van der Waals surface area contributed by atoms with Gasteiger partial charge in [-0.2, -0.15) is 0 Å². The molecule has 1 aromatic heterocycles. The minimum Gasteiger partial charge on any atom is -0.399 e. The molecule has 35 heavy (non-hydrogen) atoms. The smallest absolute Gasteiger partial charge is 0.106 e. The molecule has 1 heterocycles. The van der Waals surface area contributed by atoms with Crippen LogP contribution < -0.4 is 0 Å². The van der Waals surface area contributed by atoms with Crippen molar-refractivity contribution in [2.24, 2.45) is 15.7 Å². The van der Waals surface area contributed by atoms with Gasteiger partial charge in [0.1, 0.15) is 14.2 Å². The second-order valence-electron chi connectivity index (χ2n) is 11.2. The highest BCUT2D eigenvalue weighted by Crippen LogP contribution is 2.41. The summed E-state index contributed by atoms with van der Waals surface area (Å²) >= 11 is 0. The van der Waals surface area contributed by atoms with Gasteiger partial charge in [-0.05, 0) is 65.5 Å². The molecule has 2 aromatic carbocycles. The van der Waals surface area contributed by atoms with Crippen molar-refractivity contribution < 1.29 is 9.68 Å². The monoisotopic (exact) mass is 471 g/mol. The van der Waals surface area contributed by atoms with Gasteiger partial charge >= 0.3 is 0 Å². The molecular formula is C30H37N3O2. The summed E-state index contributed by atoms with van der Waals surface area (Å²) in [6, 6.07) is 19.8. The van der Waals surface area contributed by atoms with Gasteiger partial charge in [0.2, 0.25) is 0 Å². The number of fused-ring (bicyclic) bond motifs is 1. The van der Waals surface area contributed by atoms with Gasteiger partial charge in [0.05, 0.1) is 17.1 Å². The molecule has 0 atom stereocenters. The van der Waals surface area contributed by atoms with E-state index in [0.29, 0.717) is 0 Å². The topological polar surface area (TPSA) is 48.1 Å². The Bertz CT molecular complexity index is 1250. The van der Waals surface area contributed by atoms with E-state index in [4.69, 9.17) is 9.68 Å². The average Bonchev–Trinajstić information content (AvgIpc) is 3.17. The highest BCUT2D eigenvalue weighted by Gasteiger charge is 2.34. The predicted octanol–water partition coefficient (Wildman–Crippen LogP) is 7.14. The van der Waals surface area contributed by atoms with Crippen LogP contribution in [0.3, 0.4) is 0 Å². The summed E-state index contributed by atoms with van der Waals surface area (Å²) < 4.78 is 2.39. The van der Waals surface area contributed by atoms with Crippen LogP contribution in [0, 0.1) is 5.41 Å². The standard InChI is InChI=1S/C30H37N3O2/c1-20(31-34-7)21-11-15-24(16-12-21)33-27(22-9-13-23(14-10-22)29(2,3)4)17-25-26(32-35-8)18-30(5,6)19-28(25)33/h9-17H,18-19H2,1-8H3/b31-20-,32-26+. The molecule has 1 aliphatic carbocycles. The van der Waals surface area contributed by atoms with E-state index in [1.165, 1.54) is 22.4 Å². The molecule has 3 aromatic rings. The lowest BCUT2D eigenvalue weighted by Gasteiger charge is -2.31. The minimum atomic E-state index is 0.0788.